The normalized spacial score (nSPS) is 12.3. The molecule has 0 amide bonds. The van der Waals surface area contributed by atoms with E-state index in [0.717, 1.165) is 89.0 Å². The molecule has 7 aromatic carbocycles. The van der Waals surface area contributed by atoms with E-state index in [0.29, 0.717) is 0 Å². The van der Waals surface area contributed by atoms with Gasteiger partial charge >= 0.3 is 0 Å². The summed E-state index contributed by atoms with van der Waals surface area (Å²) in [6.45, 7) is 0. The third kappa shape index (κ3) is 3.56. The molecule has 12 aromatic rings. The molecule has 0 unspecified atom stereocenters. The maximum absolute atomic E-state index is 6.22. The minimum absolute atomic E-state index is 0.783. The summed E-state index contributed by atoms with van der Waals surface area (Å²) in [7, 11) is 0. The van der Waals surface area contributed by atoms with Crippen LogP contribution in [0.1, 0.15) is 0 Å². The Morgan fingerprint density at radius 1 is 0.353 bits per heavy atom. The fraction of sp³-hybridized carbons (Fsp3) is 0. The molecular weight excluding hydrogens is 629 g/mol. The van der Waals surface area contributed by atoms with Crippen molar-refractivity contribution in [1.82, 2.24) is 27.9 Å². The lowest BCUT2D eigenvalue weighted by molar-refractivity contribution is 0.669. The van der Waals surface area contributed by atoms with Crippen LogP contribution in [0.25, 0.3) is 99.8 Å². The number of fused-ring (bicyclic) bond motifs is 15. The molecule has 5 heterocycles. The highest BCUT2D eigenvalue weighted by Gasteiger charge is 2.21. The van der Waals surface area contributed by atoms with Crippen LogP contribution in [0.3, 0.4) is 0 Å². The standard InChI is InChI=1S/C44H26N6O/c1-5-15-35-29(11-1)30-23-21-28(26-40(30)47(35)27-22-24-42-32(25-27)31-12-2-10-20-41(31)51-42)48-43-45-33-13-3-6-16-36(33)49(43)38-18-8-9-19-39(38)50-37-17-7-4-14-34(37)46-44(48)50/h1-26H. The van der Waals surface area contributed by atoms with Crippen LogP contribution in [-0.4, -0.2) is 27.9 Å². The second-order valence-electron chi connectivity index (χ2n) is 13.1. The second kappa shape index (κ2) is 9.74. The third-order valence-corrected chi connectivity index (χ3v) is 10.4. The molecule has 0 radical (unpaired) electrons. The van der Waals surface area contributed by atoms with E-state index in [1.807, 2.05) is 24.3 Å². The first-order valence-electron chi connectivity index (χ1n) is 17.1. The lowest BCUT2D eigenvalue weighted by atomic mass is 10.1. The summed E-state index contributed by atoms with van der Waals surface area (Å²) in [6.07, 6.45) is 0. The number of hydrogen-bond donors (Lipinski definition) is 0. The molecule has 238 valence electrons. The SMILES string of the molecule is c1ccc2c(c1)nc1n(-c3ccc4c5ccccc5n(-c5ccc6oc7ccccc7c6c5)c4c3)c3nc4ccccc4n3c3ccccc3n21. The number of benzene rings is 7. The first-order chi connectivity index (χ1) is 25.3. The van der Waals surface area contributed by atoms with Gasteiger partial charge in [-0.1, -0.05) is 78.9 Å². The molecule has 0 N–H and O–H groups in total. The maximum atomic E-state index is 6.22. The van der Waals surface area contributed by atoms with E-state index >= 15 is 0 Å². The Morgan fingerprint density at radius 3 is 1.57 bits per heavy atom. The lowest BCUT2D eigenvalue weighted by Crippen LogP contribution is -2.02. The largest absolute Gasteiger partial charge is 0.456 e. The molecule has 0 saturated heterocycles. The van der Waals surface area contributed by atoms with Gasteiger partial charge in [0.25, 0.3) is 0 Å². The number of aromatic nitrogens is 6. The molecule has 0 saturated carbocycles. The van der Waals surface area contributed by atoms with Crippen molar-refractivity contribution in [2.75, 3.05) is 0 Å². The number of para-hydroxylation sites is 8. The first-order valence-corrected chi connectivity index (χ1v) is 17.1. The van der Waals surface area contributed by atoms with Crippen molar-refractivity contribution in [3.05, 3.63) is 158 Å². The van der Waals surface area contributed by atoms with Crippen LogP contribution < -0.4 is 0 Å². The monoisotopic (exact) mass is 654 g/mol. The Kier molecular flexibility index (Phi) is 5.12. The van der Waals surface area contributed by atoms with Crippen molar-refractivity contribution in [1.29, 1.82) is 0 Å². The van der Waals surface area contributed by atoms with Crippen molar-refractivity contribution in [2.24, 2.45) is 0 Å². The van der Waals surface area contributed by atoms with Crippen LogP contribution >= 0.6 is 0 Å². The summed E-state index contributed by atoms with van der Waals surface area (Å²) < 4.78 is 15.3. The fourth-order valence-electron chi connectivity index (χ4n) is 8.19. The zero-order chi connectivity index (χ0) is 33.2. The minimum atomic E-state index is 0.783. The molecule has 0 aliphatic carbocycles. The first kappa shape index (κ1) is 26.8. The Labute approximate surface area is 289 Å². The van der Waals surface area contributed by atoms with E-state index in [-0.39, 0.29) is 0 Å². The summed E-state index contributed by atoms with van der Waals surface area (Å²) in [6, 6.07) is 55.3. The number of rotatable bonds is 2. The van der Waals surface area contributed by atoms with Crippen molar-refractivity contribution in [2.45, 2.75) is 0 Å². The molecule has 0 aliphatic rings. The second-order valence-corrected chi connectivity index (χ2v) is 13.1. The molecule has 7 heteroatoms. The molecule has 0 fully saturated rings. The van der Waals surface area contributed by atoms with Crippen LogP contribution in [0.15, 0.2) is 162 Å². The Morgan fingerprint density at radius 2 is 0.863 bits per heavy atom. The summed E-state index contributed by atoms with van der Waals surface area (Å²) in [4.78, 5) is 10.6. The summed E-state index contributed by atoms with van der Waals surface area (Å²) in [5.74, 6) is 1.57. The number of nitrogens with zero attached hydrogens (tertiary/aromatic N) is 6. The highest BCUT2D eigenvalue weighted by atomic mass is 16.3. The Balaban J connectivity index is 1.26. The van der Waals surface area contributed by atoms with Gasteiger partial charge in [-0.05, 0) is 78.9 Å². The summed E-state index contributed by atoms with van der Waals surface area (Å²) in [5.41, 5.74) is 12.0. The van der Waals surface area contributed by atoms with Crippen LogP contribution in [0.5, 0.6) is 0 Å². The van der Waals surface area contributed by atoms with Gasteiger partial charge < -0.3 is 8.98 Å². The molecular formula is C44H26N6O. The molecule has 0 bridgehead atoms. The van der Waals surface area contributed by atoms with Gasteiger partial charge in [0, 0.05) is 27.2 Å². The average molecular weight is 655 g/mol. The predicted octanol–water partition coefficient (Wildman–Crippen LogP) is 10.8. The lowest BCUT2D eigenvalue weighted by Gasteiger charge is -2.11. The Bertz CT molecular complexity index is 3330. The van der Waals surface area contributed by atoms with E-state index < -0.39 is 0 Å². The quantitative estimate of drug-likeness (QED) is 0.186. The molecule has 0 spiro atoms. The van der Waals surface area contributed by atoms with E-state index in [9.17, 15) is 0 Å². The van der Waals surface area contributed by atoms with Gasteiger partial charge in [0.05, 0.1) is 49.8 Å². The van der Waals surface area contributed by atoms with Gasteiger partial charge in [0.1, 0.15) is 11.2 Å². The highest BCUT2D eigenvalue weighted by molar-refractivity contribution is 6.11. The fourth-order valence-corrected chi connectivity index (χ4v) is 8.19. The summed E-state index contributed by atoms with van der Waals surface area (Å²) >= 11 is 0. The Hall–Kier alpha value is -7.12. The van der Waals surface area contributed by atoms with E-state index in [4.69, 9.17) is 14.4 Å². The smallest absolute Gasteiger partial charge is 0.223 e. The van der Waals surface area contributed by atoms with Crippen molar-refractivity contribution in [3.8, 4) is 11.4 Å². The van der Waals surface area contributed by atoms with Crippen LogP contribution in [0, 0.1) is 0 Å². The van der Waals surface area contributed by atoms with E-state index in [2.05, 4.69) is 151 Å². The predicted molar refractivity (Wildman–Crippen MR) is 206 cm³/mol. The number of imidazole rings is 2. The van der Waals surface area contributed by atoms with Crippen LogP contribution in [0.4, 0.5) is 0 Å². The molecule has 12 rings (SSSR count). The van der Waals surface area contributed by atoms with Gasteiger partial charge in [-0.3, -0.25) is 8.80 Å². The average Bonchev–Trinajstić information content (AvgIpc) is 3.92. The zero-order valence-electron chi connectivity index (χ0n) is 27.1. The zero-order valence-corrected chi connectivity index (χ0v) is 27.1. The molecule has 7 nitrogen and oxygen atoms in total. The molecule has 51 heavy (non-hydrogen) atoms. The third-order valence-electron chi connectivity index (χ3n) is 10.4. The van der Waals surface area contributed by atoms with Crippen LogP contribution in [-0.2, 0) is 0 Å². The van der Waals surface area contributed by atoms with E-state index in [1.54, 1.807) is 0 Å². The van der Waals surface area contributed by atoms with Crippen molar-refractivity contribution in [3.63, 3.8) is 0 Å². The molecule has 0 aliphatic heterocycles. The topological polar surface area (TPSA) is 57.6 Å². The summed E-state index contributed by atoms with van der Waals surface area (Å²) in [5, 5.41) is 4.57. The van der Waals surface area contributed by atoms with Crippen LogP contribution in [0.2, 0.25) is 0 Å². The van der Waals surface area contributed by atoms with Crippen molar-refractivity contribution < 1.29 is 4.42 Å². The van der Waals surface area contributed by atoms with Gasteiger partial charge in [-0.2, -0.15) is 0 Å². The van der Waals surface area contributed by atoms with Crippen molar-refractivity contribution >= 4 is 88.4 Å². The van der Waals surface area contributed by atoms with Gasteiger partial charge in [-0.15, -0.1) is 0 Å². The van der Waals surface area contributed by atoms with Gasteiger partial charge in [-0.25, -0.2) is 14.5 Å². The maximum Gasteiger partial charge on any atom is 0.223 e. The molecule has 5 aromatic heterocycles. The molecule has 0 atom stereocenters. The minimum Gasteiger partial charge on any atom is -0.456 e. The van der Waals surface area contributed by atoms with Gasteiger partial charge in [0.2, 0.25) is 11.6 Å². The highest BCUT2D eigenvalue weighted by Crippen LogP contribution is 2.37. The van der Waals surface area contributed by atoms with E-state index in [1.165, 1.54) is 10.8 Å². The van der Waals surface area contributed by atoms with Gasteiger partial charge in [0.15, 0.2) is 0 Å². The number of hydrogen-bond acceptors (Lipinski definition) is 3. The number of furan rings is 1.